The van der Waals surface area contributed by atoms with Crippen molar-refractivity contribution in [1.82, 2.24) is 0 Å². The molecule has 2 aromatic carbocycles. The lowest BCUT2D eigenvalue weighted by atomic mass is 10.1. The summed E-state index contributed by atoms with van der Waals surface area (Å²) in [6.45, 7) is 2.24. The van der Waals surface area contributed by atoms with Gasteiger partial charge in [0.25, 0.3) is 5.91 Å². The summed E-state index contributed by atoms with van der Waals surface area (Å²) in [4.78, 5) is 26.8. The first-order valence-electron chi connectivity index (χ1n) is 10.1. The van der Waals surface area contributed by atoms with E-state index in [2.05, 4.69) is 0 Å². The third-order valence-corrected chi connectivity index (χ3v) is 6.29. The fourth-order valence-electron chi connectivity index (χ4n) is 3.41. The number of furan rings is 1. The standard InChI is InChI=1S/C24H17NO6S2/c1-2-28-23(27)15-5-3-14(4-6-15)18-10-8-17(31-18)12-21-22(26)25(24(32)33-21)16-7-9-19-20(11-16)30-13-29-19/h3-12H,2,13H2,1H3/b21-12+. The van der Waals surface area contributed by atoms with Gasteiger partial charge in [0.1, 0.15) is 11.5 Å². The van der Waals surface area contributed by atoms with Crippen LogP contribution in [-0.2, 0) is 9.53 Å². The second-order valence-corrected chi connectivity index (χ2v) is 8.73. The molecule has 0 radical (unpaired) electrons. The van der Waals surface area contributed by atoms with Crippen LogP contribution in [0.4, 0.5) is 5.69 Å². The van der Waals surface area contributed by atoms with Gasteiger partial charge in [-0.1, -0.05) is 36.1 Å². The van der Waals surface area contributed by atoms with E-state index in [1.54, 1.807) is 61.5 Å². The summed E-state index contributed by atoms with van der Waals surface area (Å²) in [6.07, 6.45) is 1.67. The largest absolute Gasteiger partial charge is 0.462 e. The maximum atomic E-state index is 13.0. The van der Waals surface area contributed by atoms with E-state index in [0.717, 1.165) is 5.56 Å². The average Bonchev–Trinajstić information content (AvgIpc) is 3.53. The predicted molar refractivity (Wildman–Crippen MR) is 128 cm³/mol. The molecule has 0 spiro atoms. The zero-order valence-corrected chi connectivity index (χ0v) is 19.0. The van der Waals surface area contributed by atoms with Crippen LogP contribution in [-0.4, -0.2) is 29.6 Å². The number of thioether (sulfide) groups is 1. The molecule has 2 aliphatic rings. The Morgan fingerprint density at radius 3 is 2.70 bits per heavy atom. The van der Waals surface area contributed by atoms with Gasteiger partial charge in [-0.2, -0.15) is 0 Å². The number of amides is 1. The van der Waals surface area contributed by atoms with Gasteiger partial charge in [0.05, 0.1) is 22.8 Å². The molecule has 2 aliphatic heterocycles. The quantitative estimate of drug-likeness (QED) is 0.279. The molecule has 0 atom stereocenters. The molecule has 3 aromatic rings. The van der Waals surface area contributed by atoms with Gasteiger partial charge < -0.3 is 18.6 Å². The minimum atomic E-state index is -0.367. The lowest BCUT2D eigenvalue weighted by molar-refractivity contribution is -0.113. The molecular formula is C24H17NO6S2. The molecule has 1 fully saturated rings. The predicted octanol–water partition coefficient (Wildman–Crippen LogP) is 5.26. The van der Waals surface area contributed by atoms with Gasteiger partial charge in [-0.3, -0.25) is 9.69 Å². The summed E-state index contributed by atoms with van der Waals surface area (Å²) >= 11 is 6.65. The summed E-state index contributed by atoms with van der Waals surface area (Å²) < 4.78 is 22.1. The summed E-state index contributed by atoms with van der Waals surface area (Å²) in [7, 11) is 0. The second-order valence-electron chi connectivity index (χ2n) is 7.05. The molecule has 166 valence electrons. The van der Waals surface area contributed by atoms with Crippen molar-refractivity contribution in [2.75, 3.05) is 18.3 Å². The number of carbonyl (C=O) groups is 2. The molecule has 0 aliphatic carbocycles. The lowest BCUT2D eigenvalue weighted by Crippen LogP contribution is -2.27. The van der Waals surface area contributed by atoms with E-state index in [-0.39, 0.29) is 18.7 Å². The molecule has 0 saturated carbocycles. The third kappa shape index (κ3) is 4.12. The average molecular weight is 480 g/mol. The van der Waals surface area contributed by atoms with Crippen LogP contribution in [0, 0.1) is 0 Å². The molecule has 0 N–H and O–H groups in total. The first kappa shape index (κ1) is 21.3. The number of anilines is 1. The Hall–Kier alpha value is -3.56. The van der Waals surface area contributed by atoms with Gasteiger partial charge >= 0.3 is 5.97 Å². The van der Waals surface area contributed by atoms with E-state index in [4.69, 9.17) is 30.8 Å². The smallest absolute Gasteiger partial charge is 0.338 e. The minimum absolute atomic E-state index is 0.156. The Kier molecular flexibility index (Phi) is 5.65. The highest BCUT2D eigenvalue weighted by atomic mass is 32.2. The van der Waals surface area contributed by atoms with Crippen molar-refractivity contribution in [1.29, 1.82) is 0 Å². The molecule has 9 heteroatoms. The number of fused-ring (bicyclic) bond motifs is 1. The van der Waals surface area contributed by atoms with E-state index >= 15 is 0 Å². The fourth-order valence-corrected chi connectivity index (χ4v) is 4.69. The van der Waals surface area contributed by atoms with Crippen molar-refractivity contribution in [3.63, 3.8) is 0 Å². The summed E-state index contributed by atoms with van der Waals surface area (Å²) in [5.74, 6) is 1.75. The summed E-state index contributed by atoms with van der Waals surface area (Å²) in [5, 5.41) is 0. The number of carbonyl (C=O) groups excluding carboxylic acids is 2. The van der Waals surface area contributed by atoms with Gasteiger partial charge in [-0.05, 0) is 43.3 Å². The van der Waals surface area contributed by atoms with Gasteiger partial charge in [0.15, 0.2) is 15.8 Å². The van der Waals surface area contributed by atoms with E-state index in [1.165, 1.54) is 16.7 Å². The number of hydrogen-bond acceptors (Lipinski definition) is 8. The Labute approximate surface area is 198 Å². The molecule has 1 saturated heterocycles. The van der Waals surface area contributed by atoms with Crippen LogP contribution in [0.1, 0.15) is 23.0 Å². The van der Waals surface area contributed by atoms with Crippen molar-refractivity contribution in [3.8, 4) is 22.8 Å². The number of rotatable bonds is 5. The molecule has 1 amide bonds. The third-order valence-electron chi connectivity index (χ3n) is 4.99. The van der Waals surface area contributed by atoms with Gasteiger partial charge in [0, 0.05) is 17.7 Å². The lowest BCUT2D eigenvalue weighted by Gasteiger charge is -2.14. The van der Waals surface area contributed by atoms with Gasteiger partial charge in [0.2, 0.25) is 6.79 Å². The van der Waals surface area contributed by atoms with Crippen molar-refractivity contribution in [2.45, 2.75) is 6.92 Å². The number of thiocarbonyl (C=S) groups is 1. The van der Waals surface area contributed by atoms with Crippen LogP contribution < -0.4 is 14.4 Å². The second kappa shape index (κ2) is 8.76. The normalized spacial score (nSPS) is 16.0. The Balaban J connectivity index is 1.35. The number of esters is 1. The molecule has 7 nitrogen and oxygen atoms in total. The Bertz CT molecular complexity index is 1290. The monoisotopic (exact) mass is 479 g/mol. The van der Waals surface area contributed by atoms with E-state index in [9.17, 15) is 9.59 Å². The van der Waals surface area contributed by atoms with Crippen molar-refractivity contribution < 1.29 is 28.2 Å². The first-order chi connectivity index (χ1) is 16.0. The maximum absolute atomic E-state index is 13.0. The molecule has 0 unspecified atom stereocenters. The van der Waals surface area contributed by atoms with Crippen LogP contribution in [0.2, 0.25) is 0 Å². The van der Waals surface area contributed by atoms with Gasteiger partial charge in [-0.15, -0.1) is 0 Å². The number of benzene rings is 2. The number of nitrogens with zero attached hydrogens (tertiary/aromatic N) is 1. The van der Waals surface area contributed by atoms with Crippen molar-refractivity contribution >= 4 is 51.9 Å². The van der Waals surface area contributed by atoms with Crippen LogP contribution in [0.5, 0.6) is 11.5 Å². The zero-order valence-electron chi connectivity index (χ0n) is 17.4. The topological polar surface area (TPSA) is 78.2 Å². The molecule has 5 rings (SSSR count). The fraction of sp³-hybridized carbons (Fsp3) is 0.125. The summed E-state index contributed by atoms with van der Waals surface area (Å²) in [6, 6.07) is 15.8. The van der Waals surface area contributed by atoms with E-state index in [1.807, 2.05) is 6.07 Å². The molecule has 1 aromatic heterocycles. The Morgan fingerprint density at radius 1 is 1.12 bits per heavy atom. The highest BCUT2D eigenvalue weighted by Crippen LogP contribution is 2.41. The zero-order chi connectivity index (χ0) is 22.9. The number of hydrogen-bond donors (Lipinski definition) is 0. The van der Waals surface area contributed by atoms with E-state index < -0.39 is 0 Å². The highest BCUT2D eigenvalue weighted by molar-refractivity contribution is 8.27. The van der Waals surface area contributed by atoms with Crippen LogP contribution in [0.15, 0.2) is 63.9 Å². The minimum Gasteiger partial charge on any atom is -0.462 e. The molecule has 0 bridgehead atoms. The Morgan fingerprint density at radius 2 is 1.91 bits per heavy atom. The van der Waals surface area contributed by atoms with Crippen LogP contribution in [0.3, 0.4) is 0 Å². The number of ether oxygens (including phenoxy) is 3. The van der Waals surface area contributed by atoms with Crippen molar-refractivity contribution in [2.24, 2.45) is 0 Å². The van der Waals surface area contributed by atoms with Gasteiger partial charge in [-0.25, -0.2) is 4.79 Å². The molecule has 33 heavy (non-hydrogen) atoms. The first-order valence-corrected chi connectivity index (χ1v) is 11.3. The van der Waals surface area contributed by atoms with E-state index in [0.29, 0.717) is 50.1 Å². The summed E-state index contributed by atoms with van der Waals surface area (Å²) in [5.41, 5.74) is 1.89. The SMILES string of the molecule is CCOC(=O)c1ccc(-c2ccc(/C=C3/SC(=S)N(c4ccc5c(c4)OCO5)C3=O)o2)cc1. The van der Waals surface area contributed by atoms with Crippen LogP contribution >= 0.6 is 24.0 Å². The van der Waals surface area contributed by atoms with Crippen molar-refractivity contribution in [3.05, 3.63) is 70.8 Å². The van der Waals surface area contributed by atoms with Crippen LogP contribution in [0.25, 0.3) is 17.4 Å². The highest BCUT2D eigenvalue weighted by Gasteiger charge is 2.34. The molecular weight excluding hydrogens is 462 g/mol. The maximum Gasteiger partial charge on any atom is 0.338 e. The molecule has 3 heterocycles.